The molecule has 0 bridgehead atoms. The zero-order valence-electron chi connectivity index (χ0n) is 11.9. The van der Waals surface area contributed by atoms with Gasteiger partial charge in [0.25, 0.3) is 5.56 Å². The maximum atomic E-state index is 12.1. The number of rotatable bonds is 2. The predicted octanol–water partition coefficient (Wildman–Crippen LogP) is 2.98. The van der Waals surface area contributed by atoms with Crippen LogP contribution in [0.1, 0.15) is 19.9 Å². The fourth-order valence-corrected chi connectivity index (χ4v) is 2.54. The molecule has 0 amide bonds. The summed E-state index contributed by atoms with van der Waals surface area (Å²) in [6, 6.07) is 9.82. The van der Waals surface area contributed by atoms with Crippen molar-refractivity contribution in [1.29, 1.82) is 0 Å². The Morgan fingerprint density at radius 3 is 2.50 bits per heavy atom. The number of hydrogen-bond donors (Lipinski definition) is 0. The van der Waals surface area contributed by atoms with Crippen molar-refractivity contribution in [1.82, 2.24) is 14.3 Å². The fraction of sp³-hybridized carbons (Fsp3) is 0.250. The molecule has 4 heteroatoms. The Kier molecular flexibility index (Phi) is 2.93. The highest BCUT2D eigenvalue weighted by Gasteiger charge is 2.08. The largest absolute Gasteiger partial charge is 0.306 e. The van der Waals surface area contributed by atoms with Crippen LogP contribution in [0.3, 0.4) is 0 Å². The van der Waals surface area contributed by atoms with Crippen molar-refractivity contribution in [2.45, 2.75) is 19.9 Å². The van der Waals surface area contributed by atoms with Gasteiger partial charge in [-0.05, 0) is 36.9 Å². The van der Waals surface area contributed by atoms with Gasteiger partial charge in [0, 0.05) is 30.9 Å². The highest BCUT2D eigenvalue weighted by molar-refractivity contribution is 5.84. The molecule has 0 aliphatic carbocycles. The molecule has 3 aromatic rings. The van der Waals surface area contributed by atoms with E-state index in [1.807, 2.05) is 43.9 Å². The summed E-state index contributed by atoms with van der Waals surface area (Å²) in [5.41, 5.74) is 3.14. The summed E-state index contributed by atoms with van der Waals surface area (Å²) in [6.45, 7) is 4.05. The first-order chi connectivity index (χ1) is 9.56. The molecular weight excluding hydrogens is 250 g/mol. The lowest BCUT2D eigenvalue weighted by Crippen LogP contribution is -2.20. The molecular formula is C16H17N3O. The summed E-state index contributed by atoms with van der Waals surface area (Å²) < 4.78 is 3.61. The molecule has 0 spiro atoms. The molecule has 4 nitrogen and oxygen atoms in total. The number of benzene rings is 1. The van der Waals surface area contributed by atoms with Crippen LogP contribution in [0, 0.1) is 0 Å². The van der Waals surface area contributed by atoms with Gasteiger partial charge in [0.1, 0.15) is 0 Å². The first-order valence-corrected chi connectivity index (χ1v) is 6.70. The quantitative estimate of drug-likeness (QED) is 0.716. The Balaban J connectivity index is 2.29. The molecule has 20 heavy (non-hydrogen) atoms. The minimum absolute atomic E-state index is 0.0378. The number of aryl methyl sites for hydroxylation is 1. The van der Waals surface area contributed by atoms with Gasteiger partial charge in [-0.2, -0.15) is 5.10 Å². The van der Waals surface area contributed by atoms with Crippen LogP contribution in [0.5, 0.6) is 0 Å². The highest BCUT2D eigenvalue weighted by atomic mass is 16.1. The summed E-state index contributed by atoms with van der Waals surface area (Å²) in [7, 11) is 1.90. The second kappa shape index (κ2) is 4.63. The first-order valence-electron chi connectivity index (χ1n) is 6.70. The van der Waals surface area contributed by atoms with Gasteiger partial charge in [-0.25, -0.2) is 0 Å². The second-order valence-electron chi connectivity index (χ2n) is 5.31. The number of pyridine rings is 1. The smallest absolute Gasteiger partial charge is 0.251 e. The van der Waals surface area contributed by atoms with Crippen molar-refractivity contribution < 1.29 is 0 Å². The van der Waals surface area contributed by atoms with Crippen molar-refractivity contribution in [3.05, 3.63) is 53.1 Å². The van der Waals surface area contributed by atoms with E-state index < -0.39 is 0 Å². The number of nitrogens with zero attached hydrogens (tertiary/aromatic N) is 3. The monoisotopic (exact) mass is 267 g/mol. The van der Waals surface area contributed by atoms with E-state index >= 15 is 0 Å². The van der Waals surface area contributed by atoms with Crippen LogP contribution >= 0.6 is 0 Å². The SMILES string of the molecule is CC(C)n1c(=O)ccc2ccc(-c3cnn(C)c3)cc21. The molecule has 0 aliphatic heterocycles. The average Bonchev–Trinajstić information content (AvgIpc) is 2.84. The summed E-state index contributed by atoms with van der Waals surface area (Å²) >= 11 is 0. The van der Waals surface area contributed by atoms with E-state index in [0.717, 1.165) is 22.0 Å². The third-order valence-electron chi connectivity index (χ3n) is 3.49. The molecule has 0 fully saturated rings. The molecule has 0 aliphatic rings. The van der Waals surface area contributed by atoms with Crippen LogP contribution in [0.2, 0.25) is 0 Å². The third-order valence-corrected chi connectivity index (χ3v) is 3.49. The van der Waals surface area contributed by atoms with Gasteiger partial charge < -0.3 is 4.57 Å². The van der Waals surface area contributed by atoms with E-state index in [1.165, 1.54) is 0 Å². The van der Waals surface area contributed by atoms with E-state index in [-0.39, 0.29) is 11.6 Å². The van der Waals surface area contributed by atoms with Crippen molar-refractivity contribution in [3.63, 3.8) is 0 Å². The molecule has 0 atom stereocenters. The Morgan fingerprint density at radius 1 is 1.10 bits per heavy atom. The molecule has 0 saturated heterocycles. The van der Waals surface area contributed by atoms with Gasteiger partial charge in [-0.15, -0.1) is 0 Å². The topological polar surface area (TPSA) is 39.8 Å². The van der Waals surface area contributed by atoms with Gasteiger partial charge >= 0.3 is 0 Å². The van der Waals surface area contributed by atoms with E-state index in [0.29, 0.717) is 0 Å². The zero-order chi connectivity index (χ0) is 14.3. The van der Waals surface area contributed by atoms with Crippen LogP contribution in [0.25, 0.3) is 22.0 Å². The van der Waals surface area contributed by atoms with Crippen LogP contribution in [0.4, 0.5) is 0 Å². The van der Waals surface area contributed by atoms with Gasteiger partial charge in [0.2, 0.25) is 0 Å². The fourth-order valence-electron chi connectivity index (χ4n) is 2.54. The molecule has 3 rings (SSSR count). The van der Waals surface area contributed by atoms with Crippen molar-refractivity contribution in [2.75, 3.05) is 0 Å². The van der Waals surface area contributed by atoms with Crippen LogP contribution < -0.4 is 5.56 Å². The Hall–Kier alpha value is -2.36. The molecule has 0 unspecified atom stereocenters. The van der Waals surface area contributed by atoms with Crippen LogP contribution in [-0.4, -0.2) is 14.3 Å². The second-order valence-corrected chi connectivity index (χ2v) is 5.31. The molecule has 2 heterocycles. The lowest BCUT2D eigenvalue weighted by atomic mass is 10.1. The van der Waals surface area contributed by atoms with E-state index in [1.54, 1.807) is 10.7 Å². The molecule has 1 aromatic carbocycles. The highest BCUT2D eigenvalue weighted by Crippen LogP contribution is 2.24. The molecule has 2 aromatic heterocycles. The summed E-state index contributed by atoms with van der Waals surface area (Å²) in [5, 5.41) is 5.27. The molecule has 0 saturated carbocycles. The molecule has 0 N–H and O–H groups in total. The zero-order valence-corrected chi connectivity index (χ0v) is 11.9. The first kappa shape index (κ1) is 12.7. The maximum absolute atomic E-state index is 12.1. The lowest BCUT2D eigenvalue weighted by molar-refractivity contribution is 0.600. The number of aromatic nitrogens is 3. The summed E-state index contributed by atoms with van der Waals surface area (Å²) in [6.07, 6.45) is 3.81. The Labute approximate surface area is 117 Å². The van der Waals surface area contributed by atoms with E-state index in [9.17, 15) is 4.79 Å². The normalized spacial score (nSPS) is 11.4. The van der Waals surface area contributed by atoms with Crippen molar-refractivity contribution in [3.8, 4) is 11.1 Å². The number of hydrogen-bond acceptors (Lipinski definition) is 2. The van der Waals surface area contributed by atoms with Gasteiger partial charge in [0.15, 0.2) is 0 Å². The van der Waals surface area contributed by atoms with Crippen LogP contribution in [0.15, 0.2) is 47.5 Å². The van der Waals surface area contributed by atoms with E-state index in [4.69, 9.17) is 0 Å². The minimum atomic E-state index is 0.0378. The van der Waals surface area contributed by atoms with Crippen molar-refractivity contribution >= 4 is 10.9 Å². The predicted molar refractivity (Wildman–Crippen MR) is 80.8 cm³/mol. The van der Waals surface area contributed by atoms with Gasteiger partial charge in [0.05, 0.1) is 11.7 Å². The molecule has 102 valence electrons. The Morgan fingerprint density at radius 2 is 1.85 bits per heavy atom. The summed E-state index contributed by atoms with van der Waals surface area (Å²) in [5.74, 6) is 0. The number of fused-ring (bicyclic) bond motifs is 1. The lowest BCUT2D eigenvalue weighted by Gasteiger charge is -2.14. The van der Waals surface area contributed by atoms with Crippen molar-refractivity contribution in [2.24, 2.45) is 7.05 Å². The summed E-state index contributed by atoms with van der Waals surface area (Å²) in [4.78, 5) is 12.1. The van der Waals surface area contributed by atoms with Gasteiger partial charge in [-0.1, -0.05) is 12.1 Å². The average molecular weight is 267 g/mol. The standard InChI is InChI=1S/C16H17N3O/c1-11(2)19-15-8-13(14-9-17-18(3)10-14)5-4-12(15)6-7-16(19)20/h4-11H,1-3H3. The van der Waals surface area contributed by atoms with Gasteiger partial charge in [-0.3, -0.25) is 9.48 Å². The maximum Gasteiger partial charge on any atom is 0.251 e. The van der Waals surface area contributed by atoms with E-state index in [2.05, 4.69) is 23.3 Å². The Bertz CT molecular complexity index is 827. The van der Waals surface area contributed by atoms with Crippen LogP contribution in [-0.2, 0) is 7.05 Å². The molecule has 0 radical (unpaired) electrons. The minimum Gasteiger partial charge on any atom is -0.306 e. The third kappa shape index (κ3) is 2.03.